The zero-order valence-electron chi connectivity index (χ0n) is 16.4. The van der Waals surface area contributed by atoms with Gasteiger partial charge in [-0.05, 0) is 43.9 Å². The number of anilines is 1. The maximum atomic E-state index is 14.0. The average molecular weight is 397 g/mol. The molecule has 0 unspecified atom stereocenters. The summed E-state index contributed by atoms with van der Waals surface area (Å²) in [6.07, 6.45) is 2.28. The molecule has 0 bridgehead atoms. The van der Waals surface area contributed by atoms with Gasteiger partial charge in [-0.15, -0.1) is 0 Å². The largest absolute Gasteiger partial charge is 0.473 e. The lowest BCUT2D eigenvalue weighted by Gasteiger charge is -2.32. The molecule has 3 rings (SSSR count). The van der Waals surface area contributed by atoms with Gasteiger partial charge in [0.25, 0.3) is 0 Å². The summed E-state index contributed by atoms with van der Waals surface area (Å²) in [7, 11) is 0. The highest BCUT2D eigenvalue weighted by Crippen LogP contribution is 2.26. The molecule has 1 saturated heterocycles. The third-order valence-corrected chi connectivity index (χ3v) is 4.97. The van der Waals surface area contributed by atoms with Crippen molar-refractivity contribution in [3.63, 3.8) is 0 Å². The third kappa shape index (κ3) is 5.67. The maximum absolute atomic E-state index is 14.0. The van der Waals surface area contributed by atoms with E-state index in [1.807, 2.05) is 25.1 Å². The fourth-order valence-corrected chi connectivity index (χ4v) is 3.37. The van der Waals surface area contributed by atoms with E-state index in [4.69, 9.17) is 14.7 Å². The van der Waals surface area contributed by atoms with Crippen LogP contribution in [0.15, 0.2) is 36.4 Å². The fourth-order valence-electron chi connectivity index (χ4n) is 3.37. The van der Waals surface area contributed by atoms with Crippen LogP contribution in [-0.4, -0.2) is 30.6 Å². The van der Waals surface area contributed by atoms with Gasteiger partial charge in [-0.25, -0.2) is 4.39 Å². The number of pyridine rings is 1. The molecule has 0 aliphatic carbocycles. The van der Waals surface area contributed by atoms with Gasteiger partial charge in [0.05, 0.1) is 18.2 Å². The molecule has 0 radical (unpaired) electrons. The minimum atomic E-state index is -0.469. The highest BCUT2D eigenvalue weighted by Gasteiger charge is 2.23. The molecule has 0 amide bonds. The van der Waals surface area contributed by atoms with E-state index in [-0.39, 0.29) is 18.1 Å². The molecule has 7 heteroatoms. The predicted octanol–water partition coefficient (Wildman–Crippen LogP) is 3.84. The molecule has 0 N–H and O–H groups in total. The van der Waals surface area contributed by atoms with Gasteiger partial charge >= 0.3 is 5.97 Å². The molecule has 1 aliphatic heterocycles. The molecule has 6 nitrogen and oxygen atoms in total. The van der Waals surface area contributed by atoms with Gasteiger partial charge in [-0.1, -0.05) is 12.1 Å². The molecule has 1 aromatic heterocycles. The molecule has 0 saturated carbocycles. The topological polar surface area (TPSA) is 75.4 Å². The monoisotopic (exact) mass is 397 g/mol. The molecule has 1 fully saturated rings. The van der Waals surface area contributed by atoms with Crippen molar-refractivity contribution in [2.45, 2.75) is 32.8 Å². The van der Waals surface area contributed by atoms with Crippen molar-refractivity contribution in [2.75, 3.05) is 24.6 Å². The first kappa shape index (κ1) is 20.6. The normalized spacial score (nSPS) is 14.3. The smallest absolute Gasteiger partial charge is 0.306 e. The van der Waals surface area contributed by atoms with Gasteiger partial charge in [0.1, 0.15) is 18.2 Å². The number of nitriles is 1. The van der Waals surface area contributed by atoms with Gasteiger partial charge in [0.15, 0.2) is 0 Å². The van der Waals surface area contributed by atoms with E-state index in [1.54, 1.807) is 18.2 Å². The van der Waals surface area contributed by atoms with Crippen LogP contribution in [0.3, 0.4) is 0 Å². The summed E-state index contributed by atoms with van der Waals surface area (Å²) in [5, 5.41) is 8.81. The SMILES string of the molecule is CCOC(=O)CC1CCN(c2cccc(OCc3ccc(C#N)cc3F)n2)CC1. The van der Waals surface area contributed by atoms with Crippen LogP contribution < -0.4 is 9.64 Å². The summed E-state index contributed by atoms with van der Waals surface area (Å²) in [5.74, 6) is 0.958. The molecular formula is C22H24FN3O3. The number of aromatic nitrogens is 1. The Kier molecular flexibility index (Phi) is 7.01. The summed E-state index contributed by atoms with van der Waals surface area (Å²) < 4.78 is 24.7. The predicted molar refractivity (Wildman–Crippen MR) is 106 cm³/mol. The van der Waals surface area contributed by atoms with E-state index in [0.29, 0.717) is 30.4 Å². The van der Waals surface area contributed by atoms with Crippen LogP contribution in [-0.2, 0) is 16.1 Å². The van der Waals surface area contributed by atoms with Gasteiger partial charge in [0.2, 0.25) is 5.88 Å². The third-order valence-electron chi connectivity index (χ3n) is 4.97. The van der Waals surface area contributed by atoms with Crippen LogP contribution in [0, 0.1) is 23.1 Å². The number of rotatable bonds is 7. The first-order valence-corrected chi connectivity index (χ1v) is 9.78. The highest BCUT2D eigenvalue weighted by molar-refractivity contribution is 5.69. The summed E-state index contributed by atoms with van der Waals surface area (Å²) >= 11 is 0. The van der Waals surface area contributed by atoms with Crippen molar-refractivity contribution in [3.8, 4) is 11.9 Å². The van der Waals surface area contributed by atoms with Gasteiger partial charge < -0.3 is 14.4 Å². The molecule has 0 atom stereocenters. The molecule has 152 valence electrons. The molecule has 2 heterocycles. The number of halogens is 1. The summed E-state index contributed by atoms with van der Waals surface area (Å²) in [6, 6.07) is 11.7. The van der Waals surface area contributed by atoms with Crippen molar-refractivity contribution < 1.29 is 18.7 Å². The number of benzene rings is 1. The summed E-state index contributed by atoms with van der Waals surface area (Å²) in [4.78, 5) is 18.3. The van der Waals surface area contributed by atoms with Crippen LogP contribution in [0.2, 0.25) is 0 Å². The first-order chi connectivity index (χ1) is 14.1. The second-order valence-electron chi connectivity index (χ2n) is 6.98. The molecule has 29 heavy (non-hydrogen) atoms. The van der Waals surface area contributed by atoms with E-state index >= 15 is 0 Å². The van der Waals surface area contributed by atoms with Crippen LogP contribution in [0.1, 0.15) is 37.3 Å². The molecule has 2 aromatic rings. The zero-order valence-corrected chi connectivity index (χ0v) is 16.4. The van der Waals surface area contributed by atoms with Crippen molar-refractivity contribution in [1.29, 1.82) is 5.26 Å². The Morgan fingerprint density at radius 1 is 1.31 bits per heavy atom. The number of carbonyl (C=O) groups excluding carboxylic acids is 1. The summed E-state index contributed by atoms with van der Waals surface area (Å²) in [6.45, 7) is 3.89. The second kappa shape index (κ2) is 9.87. The number of piperidine rings is 1. The Bertz CT molecular complexity index is 889. The van der Waals surface area contributed by atoms with E-state index in [2.05, 4.69) is 9.88 Å². The van der Waals surface area contributed by atoms with Crippen molar-refractivity contribution in [3.05, 3.63) is 53.3 Å². The standard InChI is InChI=1S/C22H24FN3O3/c1-2-28-22(27)13-16-8-10-26(11-9-16)20-4-3-5-21(25-20)29-15-18-7-6-17(14-24)12-19(18)23/h3-7,12,16H,2,8-11,13,15H2,1H3. The Morgan fingerprint density at radius 2 is 2.10 bits per heavy atom. The Hall–Kier alpha value is -3.14. The van der Waals surface area contributed by atoms with Crippen LogP contribution >= 0.6 is 0 Å². The lowest BCUT2D eigenvalue weighted by Crippen LogP contribution is -2.35. The molecular weight excluding hydrogens is 373 g/mol. The van der Waals surface area contributed by atoms with E-state index in [1.165, 1.54) is 6.07 Å². The van der Waals surface area contributed by atoms with E-state index < -0.39 is 5.82 Å². The minimum Gasteiger partial charge on any atom is -0.473 e. The quantitative estimate of drug-likeness (QED) is 0.661. The van der Waals surface area contributed by atoms with Crippen LogP contribution in [0.4, 0.5) is 10.2 Å². The van der Waals surface area contributed by atoms with Gasteiger partial charge in [0, 0.05) is 31.1 Å². The number of nitrogens with zero attached hydrogens (tertiary/aromatic N) is 3. The Balaban J connectivity index is 1.55. The summed E-state index contributed by atoms with van der Waals surface area (Å²) in [5.41, 5.74) is 0.647. The molecule has 1 aromatic carbocycles. The first-order valence-electron chi connectivity index (χ1n) is 9.78. The van der Waals surface area contributed by atoms with Gasteiger partial charge in [-0.3, -0.25) is 4.79 Å². The lowest BCUT2D eigenvalue weighted by molar-refractivity contribution is -0.144. The number of ether oxygens (including phenoxy) is 2. The molecule has 0 spiro atoms. The van der Waals surface area contributed by atoms with E-state index in [9.17, 15) is 9.18 Å². The maximum Gasteiger partial charge on any atom is 0.306 e. The van der Waals surface area contributed by atoms with Crippen molar-refractivity contribution in [1.82, 2.24) is 4.98 Å². The minimum absolute atomic E-state index is 0.0373. The fraction of sp³-hybridized carbons (Fsp3) is 0.409. The number of hydrogen-bond acceptors (Lipinski definition) is 6. The number of esters is 1. The van der Waals surface area contributed by atoms with Crippen LogP contribution in [0.25, 0.3) is 0 Å². The van der Waals surface area contributed by atoms with Gasteiger partial charge in [-0.2, -0.15) is 10.2 Å². The Morgan fingerprint density at radius 3 is 2.79 bits per heavy atom. The molecule has 1 aliphatic rings. The Labute approximate surface area is 169 Å². The second-order valence-corrected chi connectivity index (χ2v) is 6.98. The number of carbonyl (C=O) groups is 1. The zero-order chi connectivity index (χ0) is 20.6. The average Bonchev–Trinajstić information content (AvgIpc) is 2.73. The van der Waals surface area contributed by atoms with Crippen molar-refractivity contribution in [2.24, 2.45) is 5.92 Å². The highest BCUT2D eigenvalue weighted by atomic mass is 19.1. The van der Waals surface area contributed by atoms with Crippen LogP contribution in [0.5, 0.6) is 5.88 Å². The lowest BCUT2D eigenvalue weighted by atomic mass is 9.93. The van der Waals surface area contributed by atoms with Crippen molar-refractivity contribution >= 4 is 11.8 Å². The number of hydrogen-bond donors (Lipinski definition) is 0. The van der Waals surface area contributed by atoms with E-state index in [0.717, 1.165) is 31.7 Å².